The molecule has 11 heteroatoms. The average Bonchev–Trinajstić information content (AvgIpc) is 3.35. The van der Waals surface area contributed by atoms with E-state index >= 15 is 0 Å². The number of carbonyl (C=O) groups is 4. The fourth-order valence-corrected chi connectivity index (χ4v) is 7.52. The van der Waals surface area contributed by atoms with Gasteiger partial charge < -0.3 is 20.8 Å². The van der Waals surface area contributed by atoms with E-state index in [1.807, 2.05) is 30.3 Å². The highest BCUT2D eigenvalue weighted by atomic mass is 32.2. The van der Waals surface area contributed by atoms with Crippen LogP contribution in [0.1, 0.15) is 71.2 Å². The number of carboxylic acid groups (broad SMARTS) is 2. The van der Waals surface area contributed by atoms with Gasteiger partial charge in [-0.2, -0.15) is 5.26 Å². The maximum absolute atomic E-state index is 13.8. The Balaban J connectivity index is 1.39. The highest BCUT2D eigenvalue weighted by Crippen LogP contribution is 2.42. The van der Waals surface area contributed by atoms with Crippen LogP contribution in [0.3, 0.4) is 0 Å². The Labute approximate surface area is 261 Å². The first-order valence-electron chi connectivity index (χ1n) is 13.7. The van der Waals surface area contributed by atoms with Gasteiger partial charge in [0.2, 0.25) is 5.91 Å². The minimum atomic E-state index is -1.43. The van der Waals surface area contributed by atoms with Crippen LogP contribution >= 0.6 is 23.1 Å². The third kappa shape index (κ3) is 6.67. The number of rotatable bonds is 9. The molecule has 2 amide bonds. The van der Waals surface area contributed by atoms with Crippen LogP contribution in [0.2, 0.25) is 0 Å². The number of amides is 2. The van der Waals surface area contributed by atoms with E-state index in [1.165, 1.54) is 29.2 Å². The summed E-state index contributed by atoms with van der Waals surface area (Å²) in [5, 5.41) is 34.2. The Morgan fingerprint density at radius 3 is 2.43 bits per heavy atom. The van der Waals surface area contributed by atoms with Gasteiger partial charge in [0.05, 0.1) is 22.3 Å². The molecule has 0 saturated carbocycles. The molecule has 1 aliphatic rings. The van der Waals surface area contributed by atoms with E-state index in [9.17, 15) is 34.7 Å². The minimum Gasteiger partial charge on any atom is -0.478 e. The molecule has 0 fully saturated rings. The molecule has 2 unspecified atom stereocenters. The van der Waals surface area contributed by atoms with Crippen molar-refractivity contribution in [2.45, 2.75) is 36.3 Å². The van der Waals surface area contributed by atoms with Crippen molar-refractivity contribution < 1.29 is 29.4 Å². The van der Waals surface area contributed by atoms with Gasteiger partial charge in [-0.25, -0.2) is 9.59 Å². The predicted octanol–water partition coefficient (Wildman–Crippen LogP) is 6.87. The van der Waals surface area contributed by atoms with Crippen molar-refractivity contribution in [3.05, 3.63) is 111 Å². The molecule has 1 heterocycles. The number of fused-ring (bicyclic) bond motifs is 1. The number of nitriles is 1. The zero-order valence-electron chi connectivity index (χ0n) is 23.5. The van der Waals surface area contributed by atoms with E-state index in [-0.39, 0.29) is 17.0 Å². The lowest BCUT2D eigenvalue weighted by Crippen LogP contribution is -2.19. The smallest absolute Gasteiger partial charge is 0.336 e. The summed E-state index contributed by atoms with van der Waals surface area (Å²) in [5.74, 6) is -3.23. The Hall–Kier alpha value is -4.92. The van der Waals surface area contributed by atoms with Crippen LogP contribution < -0.4 is 10.6 Å². The van der Waals surface area contributed by atoms with Gasteiger partial charge in [0.15, 0.2) is 0 Å². The number of carboxylic acids is 2. The van der Waals surface area contributed by atoms with Gasteiger partial charge in [-0.1, -0.05) is 43.3 Å². The average molecular weight is 626 g/mol. The van der Waals surface area contributed by atoms with E-state index in [0.29, 0.717) is 27.1 Å². The number of anilines is 2. The van der Waals surface area contributed by atoms with Crippen molar-refractivity contribution >= 4 is 57.5 Å². The number of thiophene rings is 1. The van der Waals surface area contributed by atoms with Crippen LogP contribution in [0.4, 0.5) is 10.7 Å². The van der Waals surface area contributed by atoms with Crippen molar-refractivity contribution in [3.8, 4) is 6.07 Å². The number of hydrogen-bond acceptors (Lipinski definition) is 7. The van der Waals surface area contributed by atoms with Crippen LogP contribution in [0.5, 0.6) is 0 Å². The number of nitrogens with zero attached hydrogens (tertiary/aromatic N) is 1. The molecule has 4 N–H and O–H groups in total. The fourth-order valence-electron chi connectivity index (χ4n) is 5.07. The van der Waals surface area contributed by atoms with E-state index in [4.69, 9.17) is 0 Å². The number of hydrogen-bond donors (Lipinski definition) is 4. The second kappa shape index (κ2) is 13.2. The maximum Gasteiger partial charge on any atom is 0.336 e. The lowest BCUT2D eigenvalue weighted by molar-refractivity contribution is -0.115. The first kappa shape index (κ1) is 30.5. The highest BCUT2D eigenvalue weighted by molar-refractivity contribution is 8.00. The standard InChI is InChI=1S/C33H27N3O6S2/c1-18-10-12-23-26(17-34)31(44-27(23)14-18)36-30(38)28(19-6-3-2-4-7-19)43-22-9-5-8-21(16-22)35-29(37)24-13-11-20(32(39)40)15-25(24)33(41)42/h2-9,11,13,15-16,18,28H,10,12,14H2,1H3,(H,35,37)(H,36,38)(H,39,40)(H,41,42). The van der Waals surface area contributed by atoms with Gasteiger partial charge in [-0.3, -0.25) is 9.59 Å². The summed E-state index contributed by atoms with van der Waals surface area (Å²) >= 11 is 2.73. The van der Waals surface area contributed by atoms with Gasteiger partial charge in [-0.05, 0) is 72.7 Å². The fraction of sp³-hybridized carbons (Fsp3) is 0.182. The molecule has 0 bridgehead atoms. The summed E-state index contributed by atoms with van der Waals surface area (Å²) < 4.78 is 0. The zero-order valence-corrected chi connectivity index (χ0v) is 25.1. The van der Waals surface area contributed by atoms with Crippen molar-refractivity contribution in [2.24, 2.45) is 5.92 Å². The largest absolute Gasteiger partial charge is 0.478 e. The Bertz CT molecular complexity index is 1810. The first-order valence-corrected chi connectivity index (χ1v) is 15.4. The summed E-state index contributed by atoms with van der Waals surface area (Å²) in [6, 6.07) is 21.6. The van der Waals surface area contributed by atoms with Crippen LogP contribution in [-0.2, 0) is 17.6 Å². The van der Waals surface area contributed by atoms with Crippen LogP contribution in [-0.4, -0.2) is 34.0 Å². The number of nitrogens with one attached hydrogen (secondary N) is 2. The number of thioether (sulfide) groups is 1. The summed E-state index contributed by atoms with van der Waals surface area (Å²) in [6.45, 7) is 2.19. The summed E-state index contributed by atoms with van der Waals surface area (Å²) in [6.07, 6.45) is 2.71. The summed E-state index contributed by atoms with van der Waals surface area (Å²) in [5.41, 5.74) is 1.80. The normalized spacial score (nSPS) is 14.5. The molecular weight excluding hydrogens is 599 g/mol. The highest BCUT2D eigenvalue weighted by Gasteiger charge is 2.28. The van der Waals surface area contributed by atoms with Gasteiger partial charge in [0, 0.05) is 15.5 Å². The van der Waals surface area contributed by atoms with Crippen molar-refractivity contribution in [2.75, 3.05) is 10.6 Å². The van der Waals surface area contributed by atoms with Crippen molar-refractivity contribution in [1.29, 1.82) is 5.26 Å². The van der Waals surface area contributed by atoms with Crippen molar-refractivity contribution in [1.82, 2.24) is 0 Å². The van der Waals surface area contributed by atoms with E-state index in [1.54, 1.807) is 24.3 Å². The molecule has 2 atom stereocenters. The zero-order chi connectivity index (χ0) is 31.4. The van der Waals surface area contributed by atoms with E-state index in [2.05, 4.69) is 23.6 Å². The van der Waals surface area contributed by atoms with Gasteiger partial charge in [0.25, 0.3) is 5.91 Å². The molecule has 44 heavy (non-hydrogen) atoms. The molecule has 0 aliphatic heterocycles. The molecule has 0 saturated heterocycles. The summed E-state index contributed by atoms with van der Waals surface area (Å²) in [7, 11) is 0. The van der Waals surface area contributed by atoms with Crippen LogP contribution in [0, 0.1) is 17.2 Å². The van der Waals surface area contributed by atoms with Gasteiger partial charge >= 0.3 is 11.9 Å². The Morgan fingerprint density at radius 1 is 0.955 bits per heavy atom. The lowest BCUT2D eigenvalue weighted by Gasteiger charge is -2.17. The molecule has 3 aromatic carbocycles. The Morgan fingerprint density at radius 2 is 1.73 bits per heavy atom. The number of carbonyl (C=O) groups excluding carboxylic acids is 2. The second-order valence-electron chi connectivity index (χ2n) is 10.4. The molecule has 5 rings (SSSR count). The third-order valence-electron chi connectivity index (χ3n) is 7.29. The molecule has 0 spiro atoms. The molecule has 222 valence electrons. The van der Waals surface area contributed by atoms with E-state index in [0.717, 1.165) is 47.4 Å². The summed E-state index contributed by atoms with van der Waals surface area (Å²) in [4.78, 5) is 51.6. The second-order valence-corrected chi connectivity index (χ2v) is 12.7. The van der Waals surface area contributed by atoms with Crippen LogP contribution in [0.15, 0.2) is 77.7 Å². The molecule has 4 aromatic rings. The Kier molecular flexibility index (Phi) is 9.13. The van der Waals surface area contributed by atoms with Crippen LogP contribution in [0.25, 0.3) is 0 Å². The quantitative estimate of drug-likeness (QED) is 0.147. The lowest BCUT2D eigenvalue weighted by atomic mass is 9.88. The van der Waals surface area contributed by atoms with Gasteiger partial charge in [0.1, 0.15) is 16.3 Å². The molecular formula is C33H27N3O6S2. The molecule has 9 nitrogen and oxygen atoms in total. The topological polar surface area (TPSA) is 157 Å². The van der Waals surface area contributed by atoms with Gasteiger partial charge in [-0.15, -0.1) is 23.1 Å². The minimum absolute atomic E-state index is 0.191. The predicted molar refractivity (Wildman–Crippen MR) is 169 cm³/mol. The van der Waals surface area contributed by atoms with Crippen molar-refractivity contribution in [3.63, 3.8) is 0 Å². The first-order chi connectivity index (χ1) is 21.1. The molecule has 1 aliphatic carbocycles. The molecule has 0 radical (unpaired) electrons. The SMILES string of the molecule is CC1CCc2c(sc(NC(=O)C(Sc3cccc(NC(=O)c4ccc(C(=O)O)cc4C(=O)O)c3)c3ccccc3)c2C#N)C1. The third-order valence-corrected chi connectivity index (χ3v) is 9.71. The number of aromatic carboxylic acids is 2. The monoisotopic (exact) mass is 625 g/mol. The molecule has 1 aromatic heterocycles. The van der Waals surface area contributed by atoms with E-state index < -0.39 is 28.7 Å². The maximum atomic E-state index is 13.8. The number of benzene rings is 3.